The van der Waals surface area contributed by atoms with E-state index in [1.807, 2.05) is 49.4 Å². The van der Waals surface area contributed by atoms with Crippen LogP contribution in [0, 0.1) is 6.92 Å². The first-order valence-corrected chi connectivity index (χ1v) is 9.96. The number of aryl methyl sites for hydroxylation is 1. The molecule has 1 heterocycles. The number of aromatic nitrogens is 2. The average molecular weight is 405 g/mol. The summed E-state index contributed by atoms with van der Waals surface area (Å²) in [5, 5.41) is 10.5. The molecular weight excluding hydrogens is 376 g/mol. The van der Waals surface area contributed by atoms with Crippen molar-refractivity contribution in [2.45, 2.75) is 46.5 Å². The minimum absolute atomic E-state index is 0.125. The van der Waals surface area contributed by atoms with E-state index in [1.54, 1.807) is 16.8 Å². The van der Waals surface area contributed by atoms with Gasteiger partial charge in [0.15, 0.2) is 0 Å². The van der Waals surface area contributed by atoms with Gasteiger partial charge in [0.2, 0.25) is 11.8 Å². The summed E-state index contributed by atoms with van der Waals surface area (Å²) in [6.07, 6.45) is 0.226. The van der Waals surface area contributed by atoms with Crippen molar-refractivity contribution in [3.05, 3.63) is 71.4 Å². The number of carbonyl (C=O) groups excluding carboxylic acids is 2. The lowest BCUT2D eigenvalue weighted by molar-refractivity contribution is -0.116. The Morgan fingerprint density at radius 2 is 1.67 bits per heavy atom. The summed E-state index contributed by atoms with van der Waals surface area (Å²) >= 11 is 0. The van der Waals surface area contributed by atoms with Crippen LogP contribution in [0.3, 0.4) is 0 Å². The fourth-order valence-corrected chi connectivity index (χ4v) is 3.10. The summed E-state index contributed by atoms with van der Waals surface area (Å²) < 4.78 is 1.80. The maximum Gasteiger partial charge on any atom is 0.229 e. The largest absolute Gasteiger partial charge is 0.326 e. The molecule has 0 fully saturated rings. The second kappa shape index (κ2) is 8.53. The van der Waals surface area contributed by atoms with Crippen LogP contribution in [0.5, 0.6) is 0 Å². The Bertz CT molecular complexity index is 1060. The molecule has 0 aliphatic heterocycles. The molecule has 0 saturated carbocycles. The van der Waals surface area contributed by atoms with Gasteiger partial charge in [0, 0.05) is 24.1 Å². The molecule has 30 heavy (non-hydrogen) atoms. The number of para-hydroxylation sites is 1. The van der Waals surface area contributed by atoms with Crippen LogP contribution < -0.4 is 10.6 Å². The highest BCUT2D eigenvalue weighted by Crippen LogP contribution is 2.27. The first kappa shape index (κ1) is 21.3. The number of carbonyl (C=O) groups is 2. The van der Waals surface area contributed by atoms with Crippen molar-refractivity contribution in [2.75, 3.05) is 10.6 Å². The summed E-state index contributed by atoms with van der Waals surface area (Å²) in [4.78, 5) is 23.9. The molecule has 0 spiro atoms. The smallest absolute Gasteiger partial charge is 0.229 e. The quantitative estimate of drug-likeness (QED) is 0.652. The van der Waals surface area contributed by atoms with E-state index in [2.05, 4.69) is 31.4 Å². The van der Waals surface area contributed by atoms with Crippen LogP contribution in [0.25, 0.3) is 5.69 Å². The zero-order chi connectivity index (χ0) is 21.9. The van der Waals surface area contributed by atoms with Gasteiger partial charge in [0.1, 0.15) is 5.82 Å². The molecule has 2 amide bonds. The maximum atomic E-state index is 12.8. The Labute approximate surface area is 177 Å². The molecule has 0 atom stereocenters. The number of benzene rings is 2. The normalized spacial score (nSPS) is 11.2. The van der Waals surface area contributed by atoms with Crippen molar-refractivity contribution >= 4 is 23.3 Å². The Morgan fingerprint density at radius 1 is 1.00 bits per heavy atom. The van der Waals surface area contributed by atoms with E-state index in [9.17, 15) is 9.59 Å². The Morgan fingerprint density at radius 3 is 2.27 bits per heavy atom. The maximum absolute atomic E-state index is 12.8. The Balaban J connectivity index is 1.83. The van der Waals surface area contributed by atoms with Gasteiger partial charge in [-0.1, -0.05) is 51.1 Å². The van der Waals surface area contributed by atoms with E-state index in [1.165, 1.54) is 6.92 Å². The highest BCUT2D eigenvalue weighted by atomic mass is 16.2. The average Bonchev–Trinajstić information content (AvgIpc) is 3.07. The predicted octanol–water partition coefficient (Wildman–Crippen LogP) is 4.62. The van der Waals surface area contributed by atoms with Crippen LogP contribution in [0.4, 0.5) is 11.5 Å². The molecule has 0 saturated heterocycles. The molecule has 3 rings (SSSR count). The molecule has 0 radical (unpaired) electrons. The highest BCUT2D eigenvalue weighted by Gasteiger charge is 2.22. The van der Waals surface area contributed by atoms with Gasteiger partial charge in [-0.15, -0.1) is 0 Å². The van der Waals surface area contributed by atoms with Crippen LogP contribution in [-0.2, 0) is 21.4 Å². The molecule has 0 unspecified atom stereocenters. The van der Waals surface area contributed by atoms with E-state index in [4.69, 9.17) is 5.10 Å². The minimum atomic E-state index is -0.146. The lowest BCUT2D eigenvalue weighted by Gasteiger charge is -2.14. The van der Waals surface area contributed by atoms with Crippen LogP contribution in [0.2, 0.25) is 0 Å². The second-order valence-corrected chi connectivity index (χ2v) is 8.47. The topological polar surface area (TPSA) is 76.0 Å². The van der Waals surface area contributed by atoms with Crippen molar-refractivity contribution in [1.82, 2.24) is 9.78 Å². The third-order valence-electron chi connectivity index (χ3n) is 4.73. The number of nitrogens with zero attached hydrogens (tertiary/aromatic N) is 2. The molecule has 0 aliphatic rings. The van der Waals surface area contributed by atoms with E-state index in [-0.39, 0.29) is 23.7 Å². The summed E-state index contributed by atoms with van der Waals surface area (Å²) in [5.74, 6) is 0.395. The molecule has 2 aromatic carbocycles. The van der Waals surface area contributed by atoms with Crippen molar-refractivity contribution in [3.63, 3.8) is 0 Å². The van der Waals surface area contributed by atoms with Crippen LogP contribution in [-0.4, -0.2) is 21.6 Å². The molecular formula is C24H28N4O2. The van der Waals surface area contributed by atoms with E-state index >= 15 is 0 Å². The summed E-state index contributed by atoms with van der Waals surface area (Å²) in [6.45, 7) is 9.78. The molecule has 0 aliphatic carbocycles. The monoisotopic (exact) mass is 404 g/mol. The molecule has 2 N–H and O–H groups in total. The van der Waals surface area contributed by atoms with Gasteiger partial charge in [-0.05, 0) is 36.2 Å². The van der Waals surface area contributed by atoms with Crippen LogP contribution in [0.15, 0.2) is 54.6 Å². The van der Waals surface area contributed by atoms with E-state index in [0.717, 1.165) is 22.5 Å². The van der Waals surface area contributed by atoms with Crippen molar-refractivity contribution < 1.29 is 9.59 Å². The predicted molar refractivity (Wildman–Crippen MR) is 120 cm³/mol. The summed E-state index contributed by atoms with van der Waals surface area (Å²) in [5.41, 5.74) is 4.33. The second-order valence-electron chi connectivity index (χ2n) is 8.47. The lowest BCUT2D eigenvalue weighted by atomic mass is 9.92. The molecule has 6 nitrogen and oxygen atoms in total. The van der Waals surface area contributed by atoms with E-state index < -0.39 is 0 Å². The first-order valence-electron chi connectivity index (χ1n) is 9.96. The third-order valence-corrected chi connectivity index (χ3v) is 4.73. The number of amides is 2. The van der Waals surface area contributed by atoms with Crippen molar-refractivity contribution in [2.24, 2.45) is 0 Å². The number of rotatable bonds is 5. The number of anilines is 2. The number of hydrogen-bond acceptors (Lipinski definition) is 3. The third kappa shape index (κ3) is 5.14. The summed E-state index contributed by atoms with van der Waals surface area (Å²) in [6, 6.07) is 17.1. The lowest BCUT2D eigenvalue weighted by Crippen LogP contribution is -2.17. The van der Waals surface area contributed by atoms with Crippen LogP contribution >= 0.6 is 0 Å². The molecule has 3 aromatic rings. The van der Waals surface area contributed by atoms with Crippen LogP contribution in [0.1, 0.15) is 44.5 Å². The van der Waals surface area contributed by atoms with Gasteiger partial charge in [-0.25, -0.2) is 4.68 Å². The van der Waals surface area contributed by atoms with Crippen molar-refractivity contribution in [1.29, 1.82) is 0 Å². The number of hydrogen-bond donors (Lipinski definition) is 2. The Kier molecular flexibility index (Phi) is 6.06. The molecule has 6 heteroatoms. The van der Waals surface area contributed by atoms with Gasteiger partial charge in [-0.2, -0.15) is 5.10 Å². The van der Waals surface area contributed by atoms with Crippen molar-refractivity contribution in [3.8, 4) is 5.69 Å². The molecule has 1 aromatic heterocycles. The first-order chi connectivity index (χ1) is 14.1. The standard InChI is InChI=1S/C24H28N4O2/c1-16-8-6-7-9-20(16)28-22(15-21(27-28)24(3,4)5)26-23(30)14-18-10-12-19(13-11-18)25-17(2)29/h6-13,15H,14H2,1-5H3,(H,25,29)(H,26,30). The summed E-state index contributed by atoms with van der Waals surface area (Å²) in [7, 11) is 0. The fourth-order valence-electron chi connectivity index (χ4n) is 3.10. The SMILES string of the molecule is CC(=O)Nc1ccc(CC(=O)Nc2cc(C(C)(C)C)nn2-c2ccccc2C)cc1. The zero-order valence-corrected chi connectivity index (χ0v) is 18.1. The van der Waals surface area contributed by atoms with Gasteiger partial charge in [0.25, 0.3) is 0 Å². The Hall–Kier alpha value is -3.41. The highest BCUT2D eigenvalue weighted by molar-refractivity contribution is 5.92. The number of nitrogens with one attached hydrogen (secondary N) is 2. The molecule has 0 bridgehead atoms. The molecule has 156 valence electrons. The van der Waals surface area contributed by atoms with Gasteiger partial charge < -0.3 is 10.6 Å². The zero-order valence-electron chi connectivity index (χ0n) is 18.1. The minimum Gasteiger partial charge on any atom is -0.326 e. The van der Waals surface area contributed by atoms with Gasteiger partial charge in [0.05, 0.1) is 17.8 Å². The van der Waals surface area contributed by atoms with Gasteiger partial charge in [-0.3, -0.25) is 9.59 Å². The van der Waals surface area contributed by atoms with E-state index in [0.29, 0.717) is 11.5 Å². The fraction of sp³-hybridized carbons (Fsp3) is 0.292. The van der Waals surface area contributed by atoms with Gasteiger partial charge >= 0.3 is 0 Å².